The zero-order valence-electron chi connectivity index (χ0n) is 20.9. The molecule has 1 fully saturated rings. The van der Waals surface area contributed by atoms with Crippen molar-refractivity contribution in [3.8, 4) is 0 Å². The average molecular weight is 554 g/mol. The van der Waals surface area contributed by atoms with Crippen LogP contribution in [0.1, 0.15) is 53.8 Å². The predicted octanol–water partition coefficient (Wildman–Crippen LogP) is 5.33. The highest BCUT2D eigenvalue weighted by Gasteiger charge is 2.38. The molecule has 3 aromatic rings. The van der Waals surface area contributed by atoms with Gasteiger partial charge in [-0.15, -0.1) is 0 Å². The zero-order valence-corrected chi connectivity index (χ0v) is 21.6. The number of aliphatic hydroxyl groups is 1. The summed E-state index contributed by atoms with van der Waals surface area (Å²) in [6, 6.07) is 13.4. The van der Waals surface area contributed by atoms with Gasteiger partial charge in [0.1, 0.15) is 0 Å². The highest BCUT2D eigenvalue weighted by molar-refractivity contribution is 6.30. The first-order valence-electron chi connectivity index (χ1n) is 12.3. The summed E-state index contributed by atoms with van der Waals surface area (Å²) >= 11 is 6.02. The first-order valence-corrected chi connectivity index (χ1v) is 12.7. The Labute approximate surface area is 223 Å². The maximum absolute atomic E-state index is 13.0. The number of nitrogens with zero attached hydrogens (tertiary/aromatic N) is 1. The molecule has 2 aromatic carbocycles. The molecule has 0 bridgehead atoms. The van der Waals surface area contributed by atoms with Gasteiger partial charge < -0.3 is 25.4 Å². The molecule has 11 heteroatoms. The number of carbonyl (C=O) groups excluding carboxylic acids is 1. The van der Waals surface area contributed by atoms with Crippen LogP contribution in [0, 0.1) is 0 Å². The Morgan fingerprint density at radius 1 is 1.13 bits per heavy atom. The van der Waals surface area contributed by atoms with E-state index < -0.39 is 18.2 Å². The number of piperidine rings is 1. The van der Waals surface area contributed by atoms with E-state index in [2.05, 4.69) is 23.3 Å². The number of aromatic nitrogens is 1. The van der Waals surface area contributed by atoms with Crippen LogP contribution >= 0.6 is 11.6 Å². The molecule has 2 atom stereocenters. The minimum atomic E-state index is -5.08. The number of carboxylic acids is 1. The van der Waals surface area contributed by atoms with Gasteiger partial charge in [0, 0.05) is 42.3 Å². The Morgan fingerprint density at radius 2 is 1.79 bits per heavy atom. The van der Waals surface area contributed by atoms with E-state index >= 15 is 0 Å². The number of rotatable bonds is 7. The number of alkyl halides is 3. The summed E-state index contributed by atoms with van der Waals surface area (Å²) in [6.45, 7) is 4.24. The van der Waals surface area contributed by atoms with Crippen LogP contribution in [-0.2, 0) is 11.2 Å². The highest BCUT2D eigenvalue weighted by Crippen LogP contribution is 2.25. The summed E-state index contributed by atoms with van der Waals surface area (Å²) in [5.74, 6) is -2.64. The molecular formula is C27H31ClF3N3O4. The number of benzene rings is 2. The van der Waals surface area contributed by atoms with E-state index in [1.807, 2.05) is 35.4 Å². The third kappa shape index (κ3) is 7.96. The van der Waals surface area contributed by atoms with E-state index in [0.717, 1.165) is 54.4 Å². The van der Waals surface area contributed by atoms with Crippen LogP contribution in [0.2, 0.25) is 5.02 Å². The SMILES string of the molecule is C[C@H](Cc1c[nH]c2c(C(=O)N3CCCCC3)cccc12)NC[C@H](O)c1cccc(Cl)c1.O=C(O)C(F)(F)F. The molecule has 0 saturated carbocycles. The maximum atomic E-state index is 13.0. The Hall–Kier alpha value is -3.08. The van der Waals surface area contributed by atoms with E-state index in [1.165, 1.54) is 12.0 Å². The summed E-state index contributed by atoms with van der Waals surface area (Å²) in [7, 11) is 0. The van der Waals surface area contributed by atoms with Crippen molar-refractivity contribution >= 4 is 34.4 Å². The molecule has 0 spiro atoms. The summed E-state index contributed by atoms with van der Waals surface area (Å²) in [5, 5.41) is 22.7. The molecular weight excluding hydrogens is 523 g/mol. The molecule has 206 valence electrons. The number of para-hydroxylation sites is 1. The number of halogens is 4. The lowest BCUT2D eigenvalue weighted by atomic mass is 10.0. The van der Waals surface area contributed by atoms with Crippen molar-refractivity contribution in [1.82, 2.24) is 15.2 Å². The van der Waals surface area contributed by atoms with Crippen LogP contribution in [-0.4, -0.2) is 63.8 Å². The fourth-order valence-corrected chi connectivity index (χ4v) is 4.57. The summed E-state index contributed by atoms with van der Waals surface area (Å²) in [5.41, 5.74) is 3.64. The second kappa shape index (κ2) is 13.1. The molecule has 4 rings (SSSR count). The van der Waals surface area contributed by atoms with Crippen LogP contribution in [0.15, 0.2) is 48.7 Å². The molecule has 0 radical (unpaired) electrons. The van der Waals surface area contributed by atoms with Gasteiger partial charge in [-0.05, 0) is 61.9 Å². The predicted molar refractivity (Wildman–Crippen MR) is 139 cm³/mol. The largest absolute Gasteiger partial charge is 0.490 e. The fraction of sp³-hybridized carbons (Fsp3) is 0.407. The fourth-order valence-electron chi connectivity index (χ4n) is 4.37. The minimum absolute atomic E-state index is 0.120. The summed E-state index contributed by atoms with van der Waals surface area (Å²) in [6.07, 6.45) is 0.478. The van der Waals surface area contributed by atoms with Gasteiger partial charge in [-0.2, -0.15) is 13.2 Å². The lowest BCUT2D eigenvalue weighted by Gasteiger charge is -2.26. The molecule has 1 amide bonds. The van der Waals surface area contributed by atoms with Gasteiger partial charge in [0.2, 0.25) is 0 Å². The van der Waals surface area contributed by atoms with Crippen LogP contribution in [0.4, 0.5) is 13.2 Å². The third-order valence-corrected chi connectivity index (χ3v) is 6.57. The van der Waals surface area contributed by atoms with E-state index in [0.29, 0.717) is 11.6 Å². The third-order valence-electron chi connectivity index (χ3n) is 6.34. The van der Waals surface area contributed by atoms with Gasteiger partial charge >= 0.3 is 12.1 Å². The standard InChI is InChI=1S/C25H30ClN3O2.C2HF3O2/c1-17(27-16-23(30)18-7-5-8-20(26)14-18)13-19-15-28-24-21(19)9-6-10-22(24)25(31)29-11-3-2-4-12-29;3-2(4,5)1(6)7/h5-10,14-15,17,23,27-28,30H,2-4,11-13,16H2,1H3;(H,6,7)/t17-,23+;/m1./s1. The zero-order chi connectivity index (χ0) is 27.9. The second-order valence-corrected chi connectivity index (χ2v) is 9.72. The summed E-state index contributed by atoms with van der Waals surface area (Å²) in [4.78, 5) is 27.2. The lowest BCUT2D eigenvalue weighted by Crippen LogP contribution is -2.35. The van der Waals surface area contributed by atoms with Crippen LogP contribution in [0.5, 0.6) is 0 Å². The van der Waals surface area contributed by atoms with E-state index in [4.69, 9.17) is 21.5 Å². The van der Waals surface area contributed by atoms with Gasteiger partial charge in [-0.3, -0.25) is 4.79 Å². The van der Waals surface area contributed by atoms with Gasteiger partial charge in [0.05, 0.1) is 17.2 Å². The first-order chi connectivity index (χ1) is 18.0. The number of carbonyl (C=O) groups is 2. The van der Waals surface area contributed by atoms with Gasteiger partial charge in [-0.25, -0.2) is 4.79 Å². The molecule has 0 unspecified atom stereocenters. The Bertz CT molecular complexity index is 1240. The van der Waals surface area contributed by atoms with Crippen molar-refractivity contribution < 1.29 is 33.0 Å². The number of aliphatic hydroxyl groups excluding tert-OH is 1. The van der Waals surface area contributed by atoms with Gasteiger partial charge in [0.15, 0.2) is 0 Å². The Balaban J connectivity index is 0.000000505. The van der Waals surface area contributed by atoms with Crippen LogP contribution in [0.3, 0.4) is 0 Å². The highest BCUT2D eigenvalue weighted by atomic mass is 35.5. The minimum Gasteiger partial charge on any atom is -0.475 e. The number of H-pyrrole nitrogens is 1. The number of nitrogens with one attached hydrogen (secondary N) is 2. The van der Waals surface area contributed by atoms with E-state index in [9.17, 15) is 23.1 Å². The van der Waals surface area contributed by atoms with Crippen molar-refractivity contribution in [3.05, 3.63) is 70.4 Å². The number of amides is 1. The molecule has 2 heterocycles. The van der Waals surface area contributed by atoms with E-state index in [-0.39, 0.29) is 11.9 Å². The van der Waals surface area contributed by atoms with Crippen molar-refractivity contribution in [3.63, 3.8) is 0 Å². The number of hydrogen-bond donors (Lipinski definition) is 4. The number of aromatic amines is 1. The number of hydrogen-bond acceptors (Lipinski definition) is 4. The Morgan fingerprint density at radius 3 is 2.42 bits per heavy atom. The summed E-state index contributed by atoms with van der Waals surface area (Å²) < 4.78 is 31.7. The molecule has 0 aliphatic carbocycles. The number of aliphatic carboxylic acids is 1. The topological polar surface area (TPSA) is 106 Å². The molecule has 1 aliphatic heterocycles. The quantitative estimate of drug-likeness (QED) is 0.316. The van der Waals surface area contributed by atoms with Crippen molar-refractivity contribution in [1.29, 1.82) is 0 Å². The van der Waals surface area contributed by atoms with Crippen LogP contribution < -0.4 is 5.32 Å². The monoisotopic (exact) mass is 553 g/mol. The molecule has 7 nitrogen and oxygen atoms in total. The first kappa shape index (κ1) is 29.5. The molecule has 38 heavy (non-hydrogen) atoms. The molecule has 1 saturated heterocycles. The maximum Gasteiger partial charge on any atom is 0.490 e. The number of fused-ring (bicyclic) bond motifs is 1. The van der Waals surface area contributed by atoms with Crippen molar-refractivity contribution in [2.45, 2.75) is 50.9 Å². The van der Waals surface area contributed by atoms with Crippen molar-refractivity contribution in [2.24, 2.45) is 0 Å². The molecule has 1 aliphatic rings. The molecule has 1 aromatic heterocycles. The smallest absolute Gasteiger partial charge is 0.475 e. The number of likely N-dealkylation sites (tertiary alicyclic amines) is 1. The normalized spacial score (nSPS) is 15.5. The lowest BCUT2D eigenvalue weighted by molar-refractivity contribution is -0.192. The van der Waals surface area contributed by atoms with Gasteiger partial charge in [-0.1, -0.05) is 35.9 Å². The second-order valence-electron chi connectivity index (χ2n) is 9.28. The number of carboxylic acid groups (broad SMARTS) is 1. The Kier molecular flexibility index (Phi) is 10.2. The average Bonchev–Trinajstić information content (AvgIpc) is 3.30. The van der Waals surface area contributed by atoms with Crippen LogP contribution in [0.25, 0.3) is 10.9 Å². The van der Waals surface area contributed by atoms with Gasteiger partial charge in [0.25, 0.3) is 5.91 Å². The van der Waals surface area contributed by atoms with E-state index in [1.54, 1.807) is 12.1 Å². The van der Waals surface area contributed by atoms with Crippen molar-refractivity contribution in [2.75, 3.05) is 19.6 Å². The molecule has 4 N–H and O–H groups in total.